The average Bonchev–Trinajstić information content (AvgIpc) is 2.18. The van der Waals surface area contributed by atoms with Crippen molar-refractivity contribution >= 4 is 38.9 Å². The van der Waals surface area contributed by atoms with E-state index in [0.717, 1.165) is 23.5 Å². The van der Waals surface area contributed by atoms with E-state index in [-0.39, 0.29) is 5.41 Å². The summed E-state index contributed by atoms with van der Waals surface area (Å²) in [6, 6.07) is 93.4. The van der Waals surface area contributed by atoms with Crippen LogP contribution < -0.4 is 4.90 Å². The van der Waals surface area contributed by atoms with E-state index in [4.69, 9.17) is 0 Å². The quantitative estimate of drug-likeness (QED) is 0.0691. The average molecular weight is 1100 g/mol. The predicted molar refractivity (Wildman–Crippen MR) is 365 cm³/mol. The Morgan fingerprint density at radius 3 is 1.46 bits per heavy atom. The predicted octanol–water partition coefficient (Wildman–Crippen LogP) is 24.0. The molecule has 0 unspecified atom stereocenters. The maximum Gasteiger partial charge on any atom is 0.0541 e. The number of benzene rings is 11. The lowest BCUT2D eigenvalue weighted by Gasteiger charge is -2.28. The highest BCUT2D eigenvalue weighted by Crippen LogP contribution is 2.51. The number of nitrogens with zero attached hydrogens (tertiary/aromatic N) is 2. The molecule has 2 heteroatoms. The number of hydrogen-bond donors (Lipinski definition) is 0. The third-order valence-electron chi connectivity index (χ3n) is 18.2. The van der Waals surface area contributed by atoms with E-state index in [1.807, 2.05) is 0 Å². The van der Waals surface area contributed by atoms with Gasteiger partial charge in [0.2, 0.25) is 0 Å². The number of hydrogen-bond acceptors (Lipinski definition) is 1. The molecular formula is C83H78N2. The van der Waals surface area contributed by atoms with E-state index >= 15 is 0 Å². The molecule has 420 valence electrons. The highest BCUT2D eigenvalue weighted by atomic mass is 15.1. The molecule has 0 saturated heterocycles. The SMILES string of the molecule is CCCCCCCCCCCCc1cc(-c2ccccc2)cc(-c2cc(C)cc(-c3cc(C)cc(-n4c5ccccc5c5cc(-c6ccc(N(c7ccc(-c8ccccc8)cc7)c7ccc8c(c7)C(C)(C)c7ccccc7-8)cc6)ccc54)c3)c2)c1. The Morgan fingerprint density at radius 2 is 0.800 bits per heavy atom. The number of rotatable bonds is 20. The summed E-state index contributed by atoms with van der Waals surface area (Å²) < 4.78 is 2.48. The fourth-order valence-electron chi connectivity index (χ4n) is 13.7. The van der Waals surface area contributed by atoms with Crippen LogP contribution in [0.3, 0.4) is 0 Å². The van der Waals surface area contributed by atoms with E-state index < -0.39 is 0 Å². The molecule has 0 spiro atoms. The van der Waals surface area contributed by atoms with Crippen LogP contribution in [0.15, 0.2) is 249 Å². The summed E-state index contributed by atoms with van der Waals surface area (Å²) in [5, 5.41) is 2.49. The Balaban J connectivity index is 0.809. The van der Waals surface area contributed by atoms with Crippen molar-refractivity contribution in [3.63, 3.8) is 0 Å². The molecule has 0 bridgehead atoms. The van der Waals surface area contributed by atoms with Crippen LogP contribution in [0.1, 0.15) is 113 Å². The molecule has 12 aromatic rings. The molecule has 2 nitrogen and oxygen atoms in total. The molecule has 0 atom stereocenters. The minimum Gasteiger partial charge on any atom is -0.310 e. The molecule has 11 aromatic carbocycles. The molecule has 1 heterocycles. The number of para-hydroxylation sites is 1. The first-order valence-corrected chi connectivity index (χ1v) is 31.4. The second-order valence-corrected chi connectivity index (χ2v) is 24.6. The number of aryl methyl sites for hydroxylation is 3. The van der Waals surface area contributed by atoms with E-state index in [9.17, 15) is 0 Å². The van der Waals surface area contributed by atoms with E-state index in [1.54, 1.807) is 0 Å². The molecule has 1 aromatic heterocycles. The van der Waals surface area contributed by atoms with Gasteiger partial charge in [-0.25, -0.2) is 0 Å². The monoisotopic (exact) mass is 1100 g/mol. The Kier molecular flexibility index (Phi) is 15.8. The number of anilines is 3. The third-order valence-corrected chi connectivity index (χ3v) is 18.2. The molecule has 0 N–H and O–H groups in total. The summed E-state index contributed by atoms with van der Waals surface area (Å²) in [5.74, 6) is 0. The van der Waals surface area contributed by atoms with Crippen LogP contribution in [0, 0.1) is 13.8 Å². The van der Waals surface area contributed by atoms with Crippen LogP contribution in [0.5, 0.6) is 0 Å². The summed E-state index contributed by atoms with van der Waals surface area (Å²) >= 11 is 0. The van der Waals surface area contributed by atoms with Gasteiger partial charge in [0.1, 0.15) is 0 Å². The molecule has 85 heavy (non-hydrogen) atoms. The molecule has 13 rings (SSSR count). The largest absolute Gasteiger partial charge is 0.310 e. The van der Waals surface area contributed by atoms with Gasteiger partial charge >= 0.3 is 0 Å². The minimum atomic E-state index is -0.115. The van der Waals surface area contributed by atoms with Crippen LogP contribution in [-0.2, 0) is 11.8 Å². The fraction of sp³-hybridized carbons (Fsp3) is 0.205. The van der Waals surface area contributed by atoms with Crippen molar-refractivity contribution in [3.8, 4) is 72.4 Å². The van der Waals surface area contributed by atoms with Crippen molar-refractivity contribution in [3.05, 3.63) is 277 Å². The molecule has 1 aliphatic rings. The van der Waals surface area contributed by atoms with Gasteiger partial charge in [-0.1, -0.05) is 248 Å². The van der Waals surface area contributed by atoms with Gasteiger partial charge in [-0.05, 0) is 200 Å². The Morgan fingerprint density at radius 1 is 0.329 bits per heavy atom. The number of unbranched alkanes of at least 4 members (excludes halogenated alkanes) is 9. The lowest BCUT2D eigenvalue weighted by molar-refractivity contribution is 0.556. The molecule has 0 saturated carbocycles. The Bertz CT molecular complexity index is 4310. The summed E-state index contributed by atoms with van der Waals surface area (Å²) in [6.07, 6.45) is 14.6. The van der Waals surface area contributed by atoms with Gasteiger partial charge in [-0.3, -0.25) is 0 Å². The van der Waals surface area contributed by atoms with Gasteiger partial charge in [0, 0.05) is 38.9 Å². The van der Waals surface area contributed by atoms with Crippen LogP contribution >= 0.6 is 0 Å². The second-order valence-electron chi connectivity index (χ2n) is 24.6. The normalized spacial score (nSPS) is 12.4. The number of aromatic nitrogens is 1. The first-order valence-electron chi connectivity index (χ1n) is 31.4. The second kappa shape index (κ2) is 24.3. The maximum absolute atomic E-state index is 2.48. The van der Waals surface area contributed by atoms with Crippen molar-refractivity contribution in [1.82, 2.24) is 4.57 Å². The van der Waals surface area contributed by atoms with Crippen LogP contribution in [0.2, 0.25) is 0 Å². The van der Waals surface area contributed by atoms with Gasteiger partial charge in [-0.15, -0.1) is 0 Å². The highest BCUT2D eigenvalue weighted by molar-refractivity contribution is 6.10. The van der Waals surface area contributed by atoms with Gasteiger partial charge < -0.3 is 9.47 Å². The summed E-state index contributed by atoms with van der Waals surface area (Å²) in [7, 11) is 0. The topological polar surface area (TPSA) is 8.17 Å². The van der Waals surface area contributed by atoms with Crippen molar-refractivity contribution in [2.24, 2.45) is 0 Å². The Hall–Kier alpha value is -8.98. The third kappa shape index (κ3) is 11.4. The van der Waals surface area contributed by atoms with Crippen LogP contribution in [-0.4, -0.2) is 4.57 Å². The Labute approximate surface area is 505 Å². The lowest BCUT2D eigenvalue weighted by atomic mass is 9.82. The molecule has 0 aliphatic heterocycles. The highest BCUT2D eigenvalue weighted by Gasteiger charge is 2.36. The van der Waals surface area contributed by atoms with Gasteiger partial charge in [-0.2, -0.15) is 0 Å². The molecule has 0 radical (unpaired) electrons. The smallest absolute Gasteiger partial charge is 0.0541 e. The van der Waals surface area contributed by atoms with Crippen LogP contribution in [0.25, 0.3) is 94.3 Å². The number of fused-ring (bicyclic) bond motifs is 6. The minimum absolute atomic E-state index is 0.115. The van der Waals surface area contributed by atoms with Crippen LogP contribution in [0.4, 0.5) is 17.1 Å². The van der Waals surface area contributed by atoms with Crippen molar-refractivity contribution in [2.45, 2.75) is 111 Å². The summed E-state index contributed by atoms with van der Waals surface area (Å²) in [6.45, 7) is 11.5. The molecule has 0 fully saturated rings. The van der Waals surface area contributed by atoms with Crippen molar-refractivity contribution < 1.29 is 0 Å². The lowest BCUT2D eigenvalue weighted by Crippen LogP contribution is -2.16. The van der Waals surface area contributed by atoms with Gasteiger partial charge in [0.25, 0.3) is 0 Å². The zero-order valence-corrected chi connectivity index (χ0v) is 50.3. The van der Waals surface area contributed by atoms with Gasteiger partial charge in [0.15, 0.2) is 0 Å². The van der Waals surface area contributed by atoms with E-state index in [1.165, 1.54) is 186 Å². The van der Waals surface area contributed by atoms with Crippen molar-refractivity contribution in [2.75, 3.05) is 4.90 Å². The summed E-state index contributed by atoms with van der Waals surface area (Å²) in [5.41, 5.74) is 28.5. The van der Waals surface area contributed by atoms with Gasteiger partial charge in [0.05, 0.1) is 11.0 Å². The first kappa shape index (κ1) is 55.2. The first-order chi connectivity index (χ1) is 41.7. The molecule has 1 aliphatic carbocycles. The van der Waals surface area contributed by atoms with E-state index in [0.29, 0.717) is 0 Å². The fourth-order valence-corrected chi connectivity index (χ4v) is 13.7. The zero-order valence-electron chi connectivity index (χ0n) is 50.3. The molecule has 0 amide bonds. The zero-order chi connectivity index (χ0) is 57.9. The summed E-state index contributed by atoms with van der Waals surface area (Å²) in [4.78, 5) is 2.42. The molecular weight excluding hydrogens is 1020 g/mol. The maximum atomic E-state index is 2.48. The van der Waals surface area contributed by atoms with Crippen molar-refractivity contribution in [1.29, 1.82) is 0 Å². The van der Waals surface area contributed by atoms with E-state index in [2.05, 4.69) is 293 Å². The standard InChI is InChI=1S/C83H78N2/c1-6-7-8-9-10-11-12-13-14-17-26-60-51-69(62-29-20-16-21-30-62)54-70(52-60)67-48-58(2)47-66(53-67)68-49-59(3)50-74(55-68)85-81-34-25-23-32-77(81)78-56-65(39-46-82(78)85)64-37-42-72(43-38-64)84(71-40-35-63(36-41-71)61-27-18-15-19-28-61)73-44-45-76-75-31-22-24-33-79(75)83(4,5)80(76)57-73/h15-16,18-25,27-57H,6-14,17,26H2,1-5H3.